The van der Waals surface area contributed by atoms with Crippen molar-refractivity contribution in [2.45, 2.75) is 12.5 Å². The summed E-state index contributed by atoms with van der Waals surface area (Å²) < 4.78 is 15.6. The van der Waals surface area contributed by atoms with Gasteiger partial charge in [-0.25, -0.2) is 4.39 Å². The van der Waals surface area contributed by atoms with E-state index in [1.807, 2.05) is 19.3 Å². The number of nitrogens with two attached hydrogens (primary N) is 1. The molecule has 5 heteroatoms. The number of aromatic nitrogens is 2. The van der Waals surface area contributed by atoms with Gasteiger partial charge in [0.05, 0.1) is 5.69 Å². The Morgan fingerprint density at radius 1 is 1.47 bits per heavy atom. The van der Waals surface area contributed by atoms with Crippen molar-refractivity contribution in [3.8, 4) is 0 Å². The molecule has 0 aliphatic carbocycles. The van der Waals surface area contributed by atoms with Crippen LogP contribution in [0.4, 0.5) is 4.39 Å². The van der Waals surface area contributed by atoms with Crippen molar-refractivity contribution in [3.05, 3.63) is 51.1 Å². The molecule has 0 saturated heterocycles. The monoisotopic (exact) mass is 345 g/mol. The molecule has 1 aromatic heterocycles. The first-order valence-electron chi connectivity index (χ1n) is 5.25. The molecule has 1 heterocycles. The van der Waals surface area contributed by atoms with Crippen LogP contribution in [0.3, 0.4) is 0 Å². The van der Waals surface area contributed by atoms with Gasteiger partial charge >= 0.3 is 0 Å². The van der Waals surface area contributed by atoms with Gasteiger partial charge < -0.3 is 5.73 Å². The Morgan fingerprint density at radius 3 is 2.82 bits per heavy atom. The second kappa shape index (κ2) is 5.14. The first kappa shape index (κ1) is 12.5. The van der Waals surface area contributed by atoms with Crippen LogP contribution < -0.4 is 5.73 Å². The van der Waals surface area contributed by atoms with Crippen molar-refractivity contribution in [3.63, 3.8) is 0 Å². The zero-order chi connectivity index (χ0) is 12.4. The van der Waals surface area contributed by atoms with Gasteiger partial charge in [-0.3, -0.25) is 4.68 Å². The van der Waals surface area contributed by atoms with Crippen LogP contribution in [-0.4, -0.2) is 9.78 Å². The van der Waals surface area contributed by atoms with Crippen molar-refractivity contribution in [2.75, 3.05) is 0 Å². The summed E-state index contributed by atoms with van der Waals surface area (Å²) in [6.45, 7) is 0. The molecule has 0 spiro atoms. The minimum atomic E-state index is -0.233. The van der Waals surface area contributed by atoms with Gasteiger partial charge in [-0.1, -0.05) is 6.07 Å². The van der Waals surface area contributed by atoms with E-state index in [0.717, 1.165) is 14.8 Å². The molecule has 0 aliphatic rings. The van der Waals surface area contributed by atoms with Crippen LogP contribution in [0.25, 0.3) is 0 Å². The fourth-order valence-corrected chi connectivity index (χ4v) is 2.59. The van der Waals surface area contributed by atoms with E-state index >= 15 is 0 Å². The van der Waals surface area contributed by atoms with Crippen LogP contribution in [0.1, 0.15) is 17.3 Å². The third-order valence-corrected chi connectivity index (χ3v) is 3.49. The number of aryl methyl sites for hydroxylation is 1. The molecule has 1 aromatic carbocycles. The van der Waals surface area contributed by atoms with Crippen molar-refractivity contribution in [1.82, 2.24) is 9.78 Å². The topological polar surface area (TPSA) is 43.8 Å². The summed E-state index contributed by atoms with van der Waals surface area (Å²) in [6, 6.07) is 6.46. The molecule has 17 heavy (non-hydrogen) atoms. The molecule has 0 bridgehead atoms. The minimum Gasteiger partial charge on any atom is -0.324 e. The maximum atomic E-state index is 13.0. The summed E-state index contributed by atoms with van der Waals surface area (Å²) in [5.74, 6) is -0.233. The molecule has 2 rings (SSSR count). The van der Waals surface area contributed by atoms with Crippen LogP contribution >= 0.6 is 22.6 Å². The zero-order valence-electron chi connectivity index (χ0n) is 9.40. The van der Waals surface area contributed by atoms with E-state index < -0.39 is 0 Å². The van der Waals surface area contributed by atoms with E-state index in [4.69, 9.17) is 5.73 Å². The predicted octanol–water partition coefficient (Wildman–Crippen LogP) is 2.41. The van der Waals surface area contributed by atoms with E-state index in [0.29, 0.717) is 6.42 Å². The van der Waals surface area contributed by atoms with Gasteiger partial charge in [0.15, 0.2) is 0 Å². The standard InChI is InChI=1S/C12H13FIN3/c1-17-5-4-9(16-17)7-12(15)10-3-2-8(13)6-11(10)14/h2-6,12H,7,15H2,1H3. The lowest BCUT2D eigenvalue weighted by atomic mass is 10.0. The maximum absolute atomic E-state index is 13.0. The fraction of sp³-hybridized carbons (Fsp3) is 0.250. The molecule has 0 radical (unpaired) electrons. The Hall–Kier alpha value is -0.950. The molecule has 0 fully saturated rings. The molecule has 2 aromatic rings. The number of benzene rings is 1. The molecule has 2 N–H and O–H groups in total. The fourth-order valence-electron chi connectivity index (χ4n) is 1.71. The number of halogens is 2. The highest BCUT2D eigenvalue weighted by molar-refractivity contribution is 14.1. The Morgan fingerprint density at radius 2 is 2.24 bits per heavy atom. The van der Waals surface area contributed by atoms with Crippen LogP contribution in [0.2, 0.25) is 0 Å². The van der Waals surface area contributed by atoms with Gasteiger partial charge in [0.25, 0.3) is 0 Å². The van der Waals surface area contributed by atoms with E-state index in [2.05, 4.69) is 27.7 Å². The highest BCUT2D eigenvalue weighted by Crippen LogP contribution is 2.21. The lowest BCUT2D eigenvalue weighted by molar-refractivity contribution is 0.621. The van der Waals surface area contributed by atoms with Crippen molar-refractivity contribution in [1.29, 1.82) is 0 Å². The molecule has 1 atom stereocenters. The lowest BCUT2D eigenvalue weighted by Crippen LogP contribution is -2.15. The van der Waals surface area contributed by atoms with Gasteiger partial charge in [0, 0.05) is 29.3 Å². The Bertz CT molecular complexity index is 524. The Labute approximate surface area is 113 Å². The van der Waals surface area contributed by atoms with Gasteiger partial charge in [0.2, 0.25) is 0 Å². The number of nitrogens with zero attached hydrogens (tertiary/aromatic N) is 2. The van der Waals surface area contributed by atoms with Crippen molar-refractivity contribution < 1.29 is 4.39 Å². The smallest absolute Gasteiger partial charge is 0.124 e. The summed E-state index contributed by atoms with van der Waals surface area (Å²) in [4.78, 5) is 0. The second-order valence-electron chi connectivity index (χ2n) is 3.96. The summed E-state index contributed by atoms with van der Waals surface area (Å²) in [6.07, 6.45) is 2.54. The highest BCUT2D eigenvalue weighted by atomic mass is 127. The Kier molecular flexibility index (Phi) is 3.78. The van der Waals surface area contributed by atoms with Gasteiger partial charge in [0.1, 0.15) is 5.82 Å². The third-order valence-electron chi connectivity index (χ3n) is 2.56. The molecule has 0 saturated carbocycles. The number of rotatable bonds is 3. The van der Waals surface area contributed by atoms with E-state index in [-0.39, 0.29) is 11.9 Å². The minimum absolute atomic E-state index is 0.155. The molecule has 3 nitrogen and oxygen atoms in total. The molecular formula is C12H13FIN3. The van der Waals surface area contributed by atoms with Gasteiger partial charge in [-0.05, 0) is 46.4 Å². The first-order valence-corrected chi connectivity index (χ1v) is 6.33. The van der Waals surface area contributed by atoms with Crippen LogP contribution in [0.15, 0.2) is 30.5 Å². The molecule has 1 unspecified atom stereocenters. The lowest BCUT2D eigenvalue weighted by Gasteiger charge is -2.12. The van der Waals surface area contributed by atoms with Gasteiger partial charge in [-0.2, -0.15) is 5.10 Å². The highest BCUT2D eigenvalue weighted by Gasteiger charge is 2.12. The second-order valence-corrected chi connectivity index (χ2v) is 5.12. The quantitative estimate of drug-likeness (QED) is 0.869. The van der Waals surface area contributed by atoms with Crippen molar-refractivity contribution in [2.24, 2.45) is 12.8 Å². The van der Waals surface area contributed by atoms with Crippen LogP contribution in [-0.2, 0) is 13.5 Å². The molecular weight excluding hydrogens is 332 g/mol. The van der Waals surface area contributed by atoms with Gasteiger partial charge in [-0.15, -0.1) is 0 Å². The zero-order valence-corrected chi connectivity index (χ0v) is 11.6. The summed E-state index contributed by atoms with van der Waals surface area (Å²) in [5, 5.41) is 4.28. The van der Waals surface area contributed by atoms with E-state index in [1.165, 1.54) is 12.1 Å². The van der Waals surface area contributed by atoms with Crippen LogP contribution in [0.5, 0.6) is 0 Å². The average molecular weight is 345 g/mol. The first-order chi connectivity index (χ1) is 8.06. The normalized spacial score (nSPS) is 12.7. The van der Waals surface area contributed by atoms with E-state index in [1.54, 1.807) is 10.7 Å². The van der Waals surface area contributed by atoms with Crippen molar-refractivity contribution >= 4 is 22.6 Å². The summed E-state index contributed by atoms with van der Waals surface area (Å²) in [7, 11) is 1.87. The summed E-state index contributed by atoms with van der Waals surface area (Å²) >= 11 is 2.10. The molecule has 0 amide bonds. The average Bonchev–Trinajstić information content (AvgIpc) is 2.63. The largest absolute Gasteiger partial charge is 0.324 e. The molecule has 0 aliphatic heterocycles. The number of hydrogen-bond donors (Lipinski definition) is 1. The SMILES string of the molecule is Cn1ccc(CC(N)c2ccc(F)cc2I)n1. The maximum Gasteiger partial charge on any atom is 0.124 e. The van der Waals surface area contributed by atoms with E-state index in [9.17, 15) is 4.39 Å². The summed E-state index contributed by atoms with van der Waals surface area (Å²) in [5.41, 5.74) is 8.01. The number of hydrogen-bond acceptors (Lipinski definition) is 2. The molecule has 90 valence electrons. The predicted molar refractivity (Wildman–Crippen MR) is 73.0 cm³/mol. The van der Waals surface area contributed by atoms with Crippen LogP contribution in [0, 0.1) is 9.39 Å². The third kappa shape index (κ3) is 3.04. The Balaban J connectivity index is 2.17.